The number of carbonyl (C=O) groups excluding carboxylic acids is 2. The highest BCUT2D eigenvalue weighted by Gasteiger charge is 2.26. The van der Waals surface area contributed by atoms with Gasteiger partial charge in [-0.1, -0.05) is 23.8 Å². The minimum atomic E-state index is -0.300. The predicted octanol–water partition coefficient (Wildman–Crippen LogP) is 1.36. The third-order valence-electron chi connectivity index (χ3n) is 2.73. The Morgan fingerprint density at radius 1 is 1.31 bits per heavy atom. The van der Waals surface area contributed by atoms with E-state index in [1.165, 1.54) is 4.90 Å². The Morgan fingerprint density at radius 3 is 2.69 bits per heavy atom. The Morgan fingerprint density at radius 2 is 2.06 bits per heavy atom. The van der Waals surface area contributed by atoms with Crippen molar-refractivity contribution in [1.82, 2.24) is 10.2 Å². The number of imide groups is 1. The van der Waals surface area contributed by atoms with E-state index in [9.17, 15) is 9.59 Å². The van der Waals surface area contributed by atoms with Crippen molar-refractivity contribution in [3.8, 4) is 0 Å². The summed E-state index contributed by atoms with van der Waals surface area (Å²) in [6.07, 6.45) is 0. The Kier molecular flexibility index (Phi) is 2.64. The quantitative estimate of drug-likeness (QED) is 0.762. The van der Waals surface area contributed by atoms with Crippen LogP contribution < -0.4 is 5.32 Å². The molecule has 4 heteroatoms. The molecule has 0 saturated carbocycles. The molecule has 0 aliphatic carbocycles. The molecule has 1 saturated heterocycles. The van der Waals surface area contributed by atoms with Crippen LogP contribution in [0.25, 0.3) is 0 Å². The topological polar surface area (TPSA) is 49.4 Å². The van der Waals surface area contributed by atoms with Crippen molar-refractivity contribution in [3.63, 3.8) is 0 Å². The first-order chi connectivity index (χ1) is 7.56. The van der Waals surface area contributed by atoms with Gasteiger partial charge in [-0.3, -0.25) is 10.1 Å². The maximum Gasteiger partial charge on any atom is 0.324 e. The maximum absolute atomic E-state index is 11.4. The number of rotatable bonds is 2. The molecule has 0 spiro atoms. The van der Waals surface area contributed by atoms with Gasteiger partial charge in [-0.2, -0.15) is 0 Å². The van der Waals surface area contributed by atoms with Crippen LogP contribution in [0.3, 0.4) is 0 Å². The standard InChI is InChI=1S/C12H14N2O2/c1-8-3-4-9(2)10(5-8)6-14-7-11(15)13-12(14)16/h3-5H,6-7H2,1-2H3,(H,13,15,16). The summed E-state index contributed by atoms with van der Waals surface area (Å²) < 4.78 is 0. The summed E-state index contributed by atoms with van der Waals surface area (Å²) in [6, 6.07) is 5.81. The molecular formula is C12H14N2O2. The lowest BCUT2D eigenvalue weighted by Gasteiger charge is -2.15. The van der Waals surface area contributed by atoms with Crippen molar-refractivity contribution in [1.29, 1.82) is 0 Å². The Labute approximate surface area is 94.2 Å². The van der Waals surface area contributed by atoms with Crippen LogP contribution in [-0.2, 0) is 11.3 Å². The summed E-state index contributed by atoms with van der Waals surface area (Å²) in [4.78, 5) is 23.9. The number of amides is 3. The first-order valence-electron chi connectivity index (χ1n) is 5.21. The van der Waals surface area contributed by atoms with E-state index in [4.69, 9.17) is 0 Å². The molecule has 0 bridgehead atoms. The van der Waals surface area contributed by atoms with Crippen molar-refractivity contribution >= 4 is 11.9 Å². The molecule has 0 unspecified atom stereocenters. The summed E-state index contributed by atoms with van der Waals surface area (Å²) in [5.41, 5.74) is 3.38. The normalized spacial score (nSPS) is 15.5. The molecule has 0 atom stereocenters. The summed E-state index contributed by atoms with van der Waals surface area (Å²) in [5.74, 6) is -0.227. The predicted molar refractivity (Wildman–Crippen MR) is 59.9 cm³/mol. The number of hydrogen-bond acceptors (Lipinski definition) is 2. The molecule has 1 aromatic carbocycles. The highest BCUT2D eigenvalue weighted by atomic mass is 16.2. The van der Waals surface area contributed by atoms with Gasteiger partial charge in [-0.15, -0.1) is 0 Å². The SMILES string of the molecule is Cc1ccc(C)c(CN2CC(=O)NC2=O)c1. The third kappa shape index (κ3) is 2.05. The van der Waals surface area contributed by atoms with Crippen molar-refractivity contribution < 1.29 is 9.59 Å². The van der Waals surface area contributed by atoms with E-state index in [2.05, 4.69) is 5.32 Å². The molecule has 1 aliphatic heterocycles. The van der Waals surface area contributed by atoms with Gasteiger partial charge >= 0.3 is 6.03 Å². The molecule has 84 valence electrons. The second-order valence-electron chi connectivity index (χ2n) is 4.14. The van der Waals surface area contributed by atoms with E-state index >= 15 is 0 Å². The summed E-state index contributed by atoms with van der Waals surface area (Å²) >= 11 is 0. The highest BCUT2D eigenvalue weighted by Crippen LogP contribution is 2.14. The van der Waals surface area contributed by atoms with Crippen molar-refractivity contribution in [2.75, 3.05) is 6.54 Å². The third-order valence-corrected chi connectivity index (χ3v) is 2.73. The number of urea groups is 1. The molecule has 1 N–H and O–H groups in total. The smallest absolute Gasteiger partial charge is 0.311 e. The van der Waals surface area contributed by atoms with E-state index in [0.29, 0.717) is 6.54 Å². The molecule has 1 heterocycles. The van der Waals surface area contributed by atoms with Gasteiger partial charge in [-0.05, 0) is 25.0 Å². The Balaban J connectivity index is 2.18. The summed E-state index contributed by atoms with van der Waals surface area (Å²) in [7, 11) is 0. The van der Waals surface area contributed by atoms with E-state index < -0.39 is 0 Å². The minimum absolute atomic E-state index is 0.159. The van der Waals surface area contributed by atoms with Gasteiger partial charge in [0.15, 0.2) is 0 Å². The molecule has 0 radical (unpaired) electrons. The minimum Gasteiger partial charge on any atom is -0.311 e. The van der Waals surface area contributed by atoms with Crippen molar-refractivity contribution in [3.05, 3.63) is 34.9 Å². The molecule has 4 nitrogen and oxygen atoms in total. The van der Waals surface area contributed by atoms with Crippen LogP contribution in [-0.4, -0.2) is 23.4 Å². The lowest BCUT2D eigenvalue weighted by molar-refractivity contribution is -0.118. The zero-order chi connectivity index (χ0) is 11.7. The number of nitrogens with zero attached hydrogens (tertiary/aromatic N) is 1. The van der Waals surface area contributed by atoms with Gasteiger partial charge < -0.3 is 4.90 Å². The average Bonchev–Trinajstić information content (AvgIpc) is 2.51. The van der Waals surface area contributed by atoms with Crippen molar-refractivity contribution in [2.45, 2.75) is 20.4 Å². The van der Waals surface area contributed by atoms with E-state index in [0.717, 1.165) is 16.7 Å². The van der Waals surface area contributed by atoms with Gasteiger partial charge in [0, 0.05) is 6.54 Å². The summed E-state index contributed by atoms with van der Waals surface area (Å²) in [6.45, 7) is 4.67. The molecule has 1 aliphatic rings. The molecule has 2 rings (SSSR count). The van der Waals surface area contributed by atoms with Gasteiger partial charge in [0.2, 0.25) is 5.91 Å². The number of carbonyl (C=O) groups is 2. The zero-order valence-corrected chi connectivity index (χ0v) is 9.41. The van der Waals surface area contributed by atoms with Gasteiger partial charge in [0.1, 0.15) is 6.54 Å². The van der Waals surface area contributed by atoms with Crippen LogP contribution in [0.4, 0.5) is 4.79 Å². The second-order valence-corrected chi connectivity index (χ2v) is 4.14. The Bertz CT molecular complexity index is 454. The zero-order valence-electron chi connectivity index (χ0n) is 9.41. The fourth-order valence-corrected chi connectivity index (χ4v) is 1.79. The summed E-state index contributed by atoms with van der Waals surface area (Å²) in [5, 5.41) is 2.27. The van der Waals surface area contributed by atoms with E-state index in [1.807, 2.05) is 32.0 Å². The second kappa shape index (κ2) is 3.96. The number of benzene rings is 1. The molecular weight excluding hydrogens is 204 g/mol. The van der Waals surface area contributed by atoms with Gasteiger partial charge in [-0.25, -0.2) is 4.79 Å². The highest BCUT2D eigenvalue weighted by molar-refractivity contribution is 6.01. The van der Waals surface area contributed by atoms with Crippen LogP contribution in [0.5, 0.6) is 0 Å². The molecule has 3 amide bonds. The van der Waals surface area contributed by atoms with Crippen LogP contribution in [0.1, 0.15) is 16.7 Å². The van der Waals surface area contributed by atoms with Crippen LogP contribution >= 0.6 is 0 Å². The lowest BCUT2D eigenvalue weighted by Crippen LogP contribution is -2.28. The number of hydrogen-bond donors (Lipinski definition) is 1. The Hall–Kier alpha value is -1.84. The molecule has 1 aromatic rings. The van der Waals surface area contributed by atoms with Crippen LogP contribution in [0.2, 0.25) is 0 Å². The first kappa shape index (κ1) is 10.7. The maximum atomic E-state index is 11.4. The van der Waals surface area contributed by atoms with Crippen LogP contribution in [0.15, 0.2) is 18.2 Å². The largest absolute Gasteiger partial charge is 0.324 e. The fraction of sp³-hybridized carbons (Fsp3) is 0.333. The number of nitrogens with one attached hydrogen (secondary N) is 1. The average molecular weight is 218 g/mol. The van der Waals surface area contributed by atoms with Crippen molar-refractivity contribution in [2.24, 2.45) is 0 Å². The monoisotopic (exact) mass is 218 g/mol. The van der Waals surface area contributed by atoms with Gasteiger partial charge in [0.25, 0.3) is 0 Å². The van der Waals surface area contributed by atoms with Gasteiger partial charge in [0.05, 0.1) is 0 Å². The molecule has 1 fully saturated rings. The fourth-order valence-electron chi connectivity index (χ4n) is 1.79. The molecule has 16 heavy (non-hydrogen) atoms. The van der Waals surface area contributed by atoms with E-state index in [-0.39, 0.29) is 18.5 Å². The molecule has 0 aromatic heterocycles. The number of aryl methyl sites for hydroxylation is 2. The van der Waals surface area contributed by atoms with E-state index in [1.54, 1.807) is 0 Å². The first-order valence-corrected chi connectivity index (χ1v) is 5.21. The lowest BCUT2D eigenvalue weighted by atomic mass is 10.1. The van der Waals surface area contributed by atoms with Crippen LogP contribution in [0, 0.1) is 13.8 Å².